The minimum atomic E-state index is -1.79. The van der Waals surface area contributed by atoms with E-state index in [1.54, 1.807) is 0 Å². The third-order valence-corrected chi connectivity index (χ3v) is 0.828. The van der Waals surface area contributed by atoms with Crippen LogP contribution in [-0.2, 0) is 31.5 Å². The fraction of sp³-hybridized carbons (Fsp3) is 0.500. The van der Waals surface area contributed by atoms with Crippen molar-refractivity contribution in [1.82, 2.24) is 0 Å². The summed E-state index contributed by atoms with van der Waals surface area (Å²) < 4.78 is 0. The molecule has 6 N–H and O–H groups in total. The Morgan fingerprint density at radius 2 is 1.40 bits per heavy atom. The van der Waals surface area contributed by atoms with Crippen LogP contribution >= 0.6 is 0 Å². The Bertz CT molecular complexity index is 220. The Balaban J connectivity index is -0.000000208. The summed E-state index contributed by atoms with van der Waals surface area (Å²) in [7, 11) is 0. The number of hydrogen-bond donors (Lipinski definition) is 5. The van der Waals surface area contributed by atoms with E-state index in [9.17, 15) is 14.4 Å². The first-order valence-electron chi connectivity index (χ1n) is 3.35. The molecule has 0 amide bonds. The second-order valence-corrected chi connectivity index (χ2v) is 2.05. The van der Waals surface area contributed by atoms with Crippen LogP contribution in [-0.4, -0.2) is 51.0 Å². The molecule has 1 radical (unpaired) electrons. The first kappa shape index (κ1) is 19.4. The first-order chi connectivity index (χ1) is 6.31. The number of hydrogen-bond acceptors (Lipinski definition) is 5. The summed E-state index contributed by atoms with van der Waals surface area (Å²) in [6.45, 7) is -0.278. The molecule has 0 aromatic rings. The number of aliphatic hydroxyl groups excluding tert-OH is 1. The Hall–Kier alpha value is -1.15. The molecule has 1 unspecified atom stereocenters. The van der Waals surface area contributed by atoms with Crippen molar-refractivity contribution in [2.24, 2.45) is 5.73 Å². The van der Waals surface area contributed by atoms with Gasteiger partial charge < -0.3 is 26.2 Å². The predicted octanol–water partition coefficient (Wildman–Crippen LogP) is -2.07. The van der Waals surface area contributed by atoms with Gasteiger partial charge in [-0.25, -0.2) is 4.79 Å². The molecule has 0 heterocycles. The van der Waals surface area contributed by atoms with Crippen molar-refractivity contribution >= 4 is 17.9 Å². The summed E-state index contributed by atoms with van der Waals surface area (Å²) in [5.74, 6) is -3.81. The van der Waals surface area contributed by atoms with Crippen LogP contribution < -0.4 is 5.73 Å². The molecule has 0 saturated carbocycles. The maximum atomic E-state index is 9.72. The van der Waals surface area contributed by atoms with Gasteiger partial charge in [0.2, 0.25) is 0 Å². The predicted molar refractivity (Wildman–Crippen MR) is 42.6 cm³/mol. The van der Waals surface area contributed by atoms with Crippen molar-refractivity contribution in [3.8, 4) is 0 Å². The largest absolute Gasteiger partial charge is 0.481 e. The maximum absolute atomic E-state index is 9.72. The van der Waals surface area contributed by atoms with Crippen molar-refractivity contribution in [3.63, 3.8) is 0 Å². The Morgan fingerprint density at radius 3 is 1.47 bits per heavy atom. The minimum absolute atomic E-state index is 0. The Morgan fingerprint density at radius 1 is 1.07 bits per heavy atom. The van der Waals surface area contributed by atoms with Gasteiger partial charge in [-0.1, -0.05) is 0 Å². The average Bonchev–Trinajstić information content (AvgIpc) is 2.04. The van der Waals surface area contributed by atoms with Gasteiger partial charge in [0.15, 0.2) is 6.10 Å². The molecule has 0 bridgehead atoms. The van der Waals surface area contributed by atoms with Crippen LogP contribution in [0.1, 0.15) is 6.42 Å². The molecule has 0 rings (SSSR count). The zero-order valence-corrected chi connectivity index (χ0v) is 8.64. The maximum Gasteiger partial charge on any atom is 0.333 e. The summed E-state index contributed by atoms with van der Waals surface area (Å²) in [4.78, 5) is 28.7. The zero-order chi connectivity index (χ0) is 11.7. The van der Waals surface area contributed by atoms with E-state index in [2.05, 4.69) is 5.73 Å². The molecule has 9 heteroatoms. The molecule has 89 valence electrons. The van der Waals surface area contributed by atoms with Crippen molar-refractivity contribution < 1.29 is 51.9 Å². The number of nitrogens with two attached hydrogens (primary N) is 1. The molecule has 1 atom stereocenters. The van der Waals surface area contributed by atoms with E-state index < -0.39 is 30.4 Å². The van der Waals surface area contributed by atoms with E-state index >= 15 is 0 Å². The summed E-state index contributed by atoms with van der Waals surface area (Å²) in [6.07, 6.45) is -2.54. The van der Waals surface area contributed by atoms with Crippen molar-refractivity contribution in [3.05, 3.63) is 0 Å². The molecule has 0 saturated heterocycles. The monoisotopic (exact) mass is 264 g/mol. The van der Waals surface area contributed by atoms with E-state index in [0.717, 1.165) is 0 Å². The van der Waals surface area contributed by atoms with Crippen molar-refractivity contribution in [2.45, 2.75) is 12.5 Å². The molecule has 0 aromatic carbocycles. The fourth-order valence-corrected chi connectivity index (χ4v) is 0.253. The second-order valence-electron chi connectivity index (χ2n) is 2.05. The molecule has 8 nitrogen and oxygen atoms in total. The smallest absolute Gasteiger partial charge is 0.333 e. The van der Waals surface area contributed by atoms with Gasteiger partial charge in [0.05, 0.1) is 13.0 Å². The van der Waals surface area contributed by atoms with Gasteiger partial charge in [-0.3, -0.25) is 9.59 Å². The molecular weight excluding hydrogens is 253 g/mol. The number of carboxylic acids is 3. The average molecular weight is 264 g/mol. The van der Waals surface area contributed by atoms with Gasteiger partial charge in [0.25, 0.3) is 0 Å². The minimum Gasteiger partial charge on any atom is -0.481 e. The molecule has 15 heavy (non-hydrogen) atoms. The van der Waals surface area contributed by atoms with Gasteiger partial charge in [-0.15, -0.1) is 0 Å². The second kappa shape index (κ2) is 10.9. The molecule has 0 aliphatic carbocycles. The fourth-order valence-electron chi connectivity index (χ4n) is 0.253. The number of rotatable bonds is 4. The van der Waals surface area contributed by atoms with Crippen LogP contribution in [0.3, 0.4) is 0 Å². The van der Waals surface area contributed by atoms with E-state index in [0.29, 0.717) is 0 Å². The first-order valence-corrected chi connectivity index (χ1v) is 3.35. The number of carbonyl (C=O) groups is 3. The summed E-state index contributed by atoms with van der Waals surface area (Å²) in [6, 6.07) is 0. The normalized spacial score (nSPS) is 10.0. The summed E-state index contributed by atoms with van der Waals surface area (Å²) in [5, 5.41) is 31.7. The number of carboxylic acid groups (broad SMARTS) is 3. The van der Waals surface area contributed by atoms with E-state index in [4.69, 9.17) is 20.4 Å². The Kier molecular flexibility index (Phi) is 14.2. The topological polar surface area (TPSA) is 158 Å². The van der Waals surface area contributed by atoms with Crippen LogP contribution in [0.4, 0.5) is 0 Å². The standard InChI is InChI=1S/C4H6O5.C2H5NO2.Mn/c5-2(4(8)9)1-3(6)7;3-1-2(4)5;/h2,5H,1H2,(H,6,7)(H,8,9);1,3H2,(H,4,5);. The summed E-state index contributed by atoms with van der Waals surface area (Å²) in [5.41, 5.74) is 4.57. The van der Waals surface area contributed by atoms with Gasteiger partial charge in [-0.05, 0) is 0 Å². The van der Waals surface area contributed by atoms with Crippen LogP contribution in [0.5, 0.6) is 0 Å². The quantitative estimate of drug-likeness (QED) is 0.362. The third-order valence-electron chi connectivity index (χ3n) is 0.828. The van der Waals surface area contributed by atoms with Crippen molar-refractivity contribution in [1.29, 1.82) is 0 Å². The van der Waals surface area contributed by atoms with Crippen LogP contribution in [0.15, 0.2) is 0 Å². The van der Waals surface area contributed by atoms with Gasteiger partial charge >= 0.3 is 17.9 Å². The van der Waals surface area contributed by atoms with Crippen LogP contribution in [0, 0.1) is 0 Å². The van der Waals surface area contributed by atoms with E-state index in [1.807, 2.05) is 0 Å². The summed E-state index contributed by atoms with van der Waals surface area (Å²) >= 11 is 0. The van der Waals surface area contributed by atoms with E-state index in [-0.39, 0.29) is 23.6 Å². The SMILES string of the molecule is NCC(=O)O.O=C(O)CC(O)C(=O)O.[Mn]. The third kappa shape index (κ3) is 19.3. The number of aliphatic carboxylic acids is 3. The van der Waals surface area contributed by atoms with Gasteiger partial charge in [-0.2, -0.15) is 0 Å². The molecule has 0 spiro atoms. The molecule has 0 aromatic heterocycles. The molecule has 0 aliphatic heterocycles. The zero-order valence-electron chi connectivity index (χ0n) is 7.46. The van der Waals surface area contributed by atoms with E-state index in [1.165, 1.54) is 0 Å². The Labute approximate surface area is 95.2 Å². The molecule has 0 fully saturated rings. The van der Waals surface area contributed by atoms with Gasteiger partial charge in [0.1, 0.15) is 0 Å². The van der Waals surface area contributed by atoms with Crippen molar-refractivity contribution in [2.75, 3.05) is 6.54 Å². The number of aliphatic hydroxyl groups is 1. The molecule has 0 aliphatic rings. The molecular formula is C6H11MnNO7. The van der Waals surface area contributed by atoms with Gasteiger partial charge in [0, 0.05) is 17.1 Å². The van der Waals surface area contributed by atoms with Crippen LogP contribution in [0.2, 0.25) is 0 Å². The van der Waals surface area contributed by atoms with Crippen LogP contribution in [0.25, 0.3) is 0 Å².